The molecule has 0 unspecified atom stereocenters. The van der Waals surface area contributed by atoms with Gasteiger partial charge in [-0.15, -0.1) is 0 Å². The van der Waals surface area contributed by atoms with E-state index in [-0.39, 0.29) is 0 Å². The molecule has 8 aromatic carbocycles. The fourth-order valence-electron chi connectivity index (χ4n) is 8.06. The lowest BCUT2D eigenvalue weighted by atomic mass is 9.82. The summed E-state index contributed by atoms with van der Waals surface area (Å²) in [6.45, 7) is 0. The zero-order chi connectivity index (χ0) is 32.3. The molecule has 0 amide bonds. The van der Waals surface area contributed by atoms with E-state index in [2.05, 4.69) is 175 Å². The fraction of sp³-hybridized carbons (Fsp3) is 0. The van der Waals surface area contributed by atoms with Crippen LogP contribution < -0.4 is 4.90 Å². The molecule has 9 aromatic rings. The van der Waals surface area contributed by atoms with Crippen LogP contribution in [0, 0.1) is 0 Å². The molecule has 0 bridgehead atoms. The molecular weight excluding hydrogens is 593 g/mol. The van der Waals surface area contributed by atoms with Gasteiger partial charge in [0.15, 0.2) is 0 Å². The Morgan fingerprint density at radius 1 is 0.347 bits per heavy atom. The molecule has 10 rings (SSSR count). The summed E-state index contributed by atoms with van der Waals surface area (Å²) in [5.41, 5.74) is 12.4. The maximum atomic E-state index is 4.92. The highest BCUT2D eigenvalue weighted by molar-refractivity contribution is 6.29. The second-order valence-corrected chi connectivity index (χ2v) is 12.7. The number of aromatic nitrogens is 1. The first-order valence-electron chi connectivity index (χ1n) is 16.8. The average molecular weight is 623 g/mol. The molecule has 228 valence electrons. The van der Waals surface area contributed by atoms with Crippen LogP contribution in [0.15, 0.2) is 182 Å². The van der Waals surface area contributed by atoms with Crippen molar-refractivity contribution in [1.82, 2.24) is 4.98 Å². The van der Waals surface area contributed by atoms with Crippen LogP contribution in [0.4, 0.5) is 17.2 Å². The van der Waals surface area contributed by atoms with E-state index in [1.807, 2.05) is 12.3 Å². The first kappa shape index (κ1) is 27.6. The number of benzene rings is 8. The van der Waals surface area contributed by atoms with E-state index in [0.29, 0.717) is 0 Å². The normalized spacial score (nSPS) is 11.7. The summed E-state index contributed by atoms with van der Waals surface area (Å²) in [7, 11) is 0. The lowest BCUT2D eigenvalue weighted by Crippen LogP contribution is -2.12. The Kier molecular flexibility index (Phi) is 6.22. The smallest absolute Gasteiger partial charge is 0.137 e. The zero-order valence-electron chi connectivity index (χ0n) is 26.7. The van der Waals surface area contributed by atoms with Crippen molar-refractivity contribution >= 4 is 49.5 Å². The molecule has 1 heterocycles. The van der Waals surface area contributed by atoms with E-state index in [1.165, 1.54) is 76.8 Å². The van der Waals surface area contributed by atoms with Crippen molar-refractivity contribution in [3.05, 3.63) is 182 Å². The number of rotatable bonds is 5. The van der Waals surface area contributed by atoms with Gasteiger partial charge in [0.05, 0.1) is 11.4 Å². The van der Waals surface area contributed by atoms with Gasteiger partial charge in [-0.05, 0) is 90.3 Å². The molecule has 49 heavy (non-hydrogen) atoms. The van der Waals surface area contributed by atoms with Gasteiger partial charge < -0.3 is 0 Å². The molecule has 0 saturated carbocycles. The van der Waals surface area contributed by atoms with Gasteiger partial charge in [0.1, 0.15) is 5.82 Å². The van der Waals surface area contributed by atoms with E-state index in [0.717, 1.165) is 17.2 Å². The molecule has 0 fully saturated rings. The monoisotopic (exact) mass is 622 g/mol. The van der Waals surface area contributed by atoms with Gasteiger partial charge in [-0.3, -0.25) is 4.90 Å². The first-order valence-corrected chi connectivity index (χ1v) is 16.8. The highest BCUT2D eigenvalue weighted by atomic mass is 15.2. The second-order valence-electron chi connectivity index (χ2n) is 12.7. The molecule has 1 aliphatic carbocycles. The second kappa shape index (κ2) is 11.0. The summed E-state index contributed by atoms with van der Waals surface area (Å²) in [5, 5.41) is 7.40. The van der Waals surface area contributed by atoms with Crippen LogP contribution in [0.1, 0.15) is 0 Å². The maximum Gasteiger partial charge on any atom is 0.137 e. The van der Waals surface area contributed by atoms with Gasteiger partial charge in [-0.25, -0.2) is 4.98 Å². The number of pyridine rings is 1. The molecule has 0 spiro atoms. The fourth-order valence-corrected chi connectivity index (χ4v) is 8.06. The summed E-state index contributed by atoms with van der Waals surface area (Å²) in [5.74, 6) is 0.885. The minimum absolute atomic E-state index is 0.885. The van der Waals surface area contributed by atoms with Gasteiger partial charge in [-0.2, -0.15) is 0 Å². The number of hydrogen-bond donors (Lipinski definition) is 0. The quantitative estimate of drug-likeness (QED) is 0.190. The van der Waals surface area contributed by atoms with Crippen molar-refractivity contribution in [2.24, 2.45) is 0 Å². The Bertz CT molecular complexity index is 2600. The van der Waals surface area contributed by atoms with E-state index < -0.39 is 0 Å². The summed E-state index contributed by atoms with van der Waals surface area (Å²) >= 11 is 0. The van der Waals surface area contributed by atoms with Crippen LogP contribution in [-0.2, 0) is 0 Å². The zero-order valence-corrected chi connectivity index (χ0v) is 26.7. The molecular formula is C47H30N2. The van der Waals surface area contributed by atoms with E-state index >= 15 is 0 Å². The molecule has 2 nitrogen and oxygen atoms in total. The average Bonchev–Trinajstić information content (AvgIpc) is 3.50. The molecule has 1 aliphatic rings. The predicted octanol–water partition coefficient (Wildman–Crippen LogP) is 13.0. The summed E-state index contributed by atoms with van der Waals surface area (Å²) in [4.78, 5) is 7.25. The van der Waals surface area contributed by atoms with Crippen LogP contribution in [-0.4, -0.2) is 4.98 Å². The highest BCUT2D eigenvalue weighted by Crippen LogP contribution is 2.59. The Morgan fingerprint density at radius 2 is 0.878 bits per heavy atom. The molecule has 0 atom stereocenters. The Balaban J connectivity index is 1.34. The van der Waals surface area contributed by atoms with Gasteiger partial charge in [0.2, 0.25) is 0 Å². The van der Waals surface area contributed by atoms with Crippen LogP contribution >= 0.6 is 0 Å². The standard InChI is InChI=1S/C47H30N2/c1-3-16-32(17-4-1)43-35-22-9-10-23-36(35)44(33-18-5-2-6-19-33)47-39-28-29-41(37-24-14-25-38(45(37)39)46(43)47)49(42-27-11-12-30-48-42)40-26-13-20-31-15-7-8-21-34(31)40/h1-30H. The number of fused-ring (bicyclic) bond motifs is 5. The third-order valence-electron chi connectivity index (χ3n) is 10.0. The van der Waals surface area contributed by atoms with Crippen molar-refractivity contribution in [1.29, 1.82) is 0 Å². The topological polar surface area (TPSA) is 16.1 Å². The largest absolute Gasteiger partial charge is 0.294 e. The van der Waals surface area contributed by atoms with E-state index in [9.17, 15) is 0 Å². The third-order valence-corrected chi connectivity index (χ3v) is 10.0. The summed E-state index contributed by atoms with van der Waals surface area (Å²) in [6.07, 6.45) is 1.88. The lowest BCUT2D eigenvalue weighted by Gasteiger charge is -2.27. The SMILES string of the molecule is c1ccc(-c2c3c(c(-c4ccccc4)c4ccccc24)-c2ccc(N(c4ccccn4)c4cccc5ccccc45)c4cccc-3c24)cc1. The lowest BCUT2D eigenvalue weighted by molar-refractivity contribution is 1.19. The number of nitrogens with zero attached hydrogens (tertiary/aromatic N) is 2. The Morgan fingerprint density at radius 3 is 1.55 bits per heavy atom. The molecule has 0 N–H and O–H groups in total. The number of hydrogen-bond acceptors (Lipinski definition) is 2. The molecule has 1 aromatic heterocycles. The van der Waals surface area contributed by atoms with E-state index in [4.69, 9.17) is 4.98 Å². The van der Waals surface area contributed by atoms with E-state index in [1.54, 1.807) is 0 Å². The predicted molar refractivity (Wildman–Crippen MR) is 207 cm³/mol. The van der Waals surface area contributed by atoms with Crippen LogP contribution in [0.25, 0.3) is 76.8 Å². The van der Waals surface area contributed by atoms with Crippen molar-refractivity contribution in [3.8, 4) is 44.5 Å². The minimum atomic E-state index is 0.885. The van der Waals surface area contributed by atoms with Crippen molar-refractivity contribution < 1.29 is 0 Å². The van der Waals surface area contributed by atoms with Crippen LogP contribution in [0.3, 0.4) is 0 Å². The minimum Gasteiger partial charge on any atom is -0.294 e. The van der Waals surface area contributed by atoms with Crippen LogP contribution in [0.5, 0.6) is 0 Å². The molecule has 2 heteroatoms. The highest BCUT2D eigenvalue weighted by Gasteiger charge is 2.32. The first-order chi connectivity index (χ1) is 24.4. The Labute approximate surface area is 285 Å². The maximum absolute atomic E-state index is 4.92. The summed E-state index contributed by atoms with van der Waals surface area (Å²) in [6, 6.07) is 63.5. The van der Waals surface area contributed by atoms with Gasteiger partial charge >= 0.3 is 0 Å². The van der Waals surface area contributed by atoms with Crippen molar-refractivity contribution in [3.63, 3.8) is 0 Å². The van der Waals surface area contributed by atoms with Gasteiger partial charge in [0.25, 0.3) is 0 Å². The van der Waals surface area contributed by atoms with Gasteiger partial charge in [-0.1, -0.05) is 152 Å². The van der Waals surface area contributed by atoms with Crippen LogP contribution in [0.2, 0.25) is 0 Å². The molecule has 0 aliphatic heterocycles. The van der Waals surface area contributed by atoms with Crippen molar-refractivity contribution in [2.75, 3.05) is 4.90 Å². The van der Waals surface area contributed by atoms with Gasteiger partial charge in [0, 0.05) is 17.0 Å². The molecule has 0 radical (unpaired) electrons. The Hall–Kier alpha value is -6.51. The van der Waals surface area contributed by atoms with Crippen molar-refractivity contribution in [2.45, 2.75) is 0 Å². The number of anilines is 3. The molecule has 0 saturated heterocycles. The summed E-state index contributed by atoms with van der Waals surface area (Å²) < 4.78 is 0. The third kappa shape index (κ3) is 4.17.